The maximum absolute atomic E-state index is 12.9. The van der Waals surface area contributed by atoms with Gasteiger partial charge in [-0.05, 0) is 26.8 Å². The Morgan fingerprint density at radius 2 is 1.95 bits per heavy atom. The van der Waals surface area contributed by atoms with Gasteiger partial charge in [-0.1, -0.05) is 0 Å². The highest BCUT2D eigenvalue weighted by molar-refractivity contribution is 7.89. The number of aryl methyl sites for hydroxylation is 1. The minimum atomic E-state index is -3.46. The fraction of sp³-hybridized carbons (Fsp3) is 0.769. The molecule has 0 spiro atoms. The summed E-state index contributed by atoms with van der Waals surface area (Å²) in [5, 5.41) is 9.88. The molecule has 1 aliphatic heterocycles. The topological polar surface area (TPSA) is 81.3 Å². The van der Waals surface area contributed by atoms with Crippen LogP contribution in [0.15, 0.2) is 4.90 Å². The van der Waals surface area contributed by atoms with Crippen molar-refractivity contribution in [3.05, 3.63) is 11.4 Å². The van der Waals surface area contributed by atoms with E-state index in [4.69, 9.17) is 0 Å². The van der Waals surface area contributed by atoms with Crippen LogP contribution in [0.1, 0.15) is 24.2 Å². The third-order valence-corrected chi connectivity index (χ3v) is 6.34. The van der Waals surface area contributed by atoms with Gasteiger partial charge in [0.1, 0.15) is 4.90 Å². The van der Waals surface area contributed by atoms with Gasteiger partial charge >= 0.3 is 0 Å². The number of aromatic nitrogens is 2. The van der Waals surface area contributed by atoms with Crippen LogP contribution in [0.5, 0.6) is 0 Å². The summed E-state index contributed by atoms with van der Waals surface area (Å²) in [4.78, 5) is 2.75. The molecular formula is C13H23N5O2S. The summed E-state index contributed by atoms with van der Waals surface area (Å²) in [6, 6.07) is 0.699. The molecular weight excluding hydrogens is 290 g/mol. The maximum Gasteiger partial charge on any atom is 0.246 e. The van der Waals surface area contributed by atoms with Gasteiger partial charge in [-0.25, -0.2) is 8.42 Å². The molecule has 7 nitrogen and oxygen atoms in total. The number of piperazine rings is 1. The number of H-pyrrole nitrogens is 1. The Morgan fingerprint density at radius 1 is 1.29 bits per heavy atom. The Hall–Kier alpha value is -0.960. The van der Waals surface area contributed by atoms with E-state index in [0.29, 0.717) is 42.0 Å². The molecule has 1 aromatic heterocycles. The van der Waals surface area contributed by atoms with Crippen LogP contribution in [-0.2, 0) is 16.6 Å². The molecule has 0 radical (unpaired) electrons. The minimum Gasteiger partial charge on any atom is -0.314 e. The van der Waals surface area contributed by atoms with Crippen molar-refractivity contribution >= 4 is 10.0 Å². The summed E-state index contributed by atoms with van der Waals surface area (Å²) >= 11 is 0. The van der Waals surface area contributed by atoms with Gasteiger partial charge in [0, 0.05) is 38.8 Å². The van der Waals surface area contributed by atoms with Crippen molar-refractivity contribution in [1.29, 1.82) is 0 Å². The van der Waals surface area contributed by atoms with Crippen molar-refractivity contribution < 1.29 is 8.42 Å². The molecule has 1 aromatic rings. The Morgan fingerprint density at radius 3 is 2.52 bits per heavy atom. The molecule has 0 aromatic carbocycles. The first-order valence-corrected chi connectivity index (χ1v) is 8.90. The summed E-state index contributed by atoms with van der Waals surface area (Å²) in [6.07, 6.45) is 2.53. The molecule has 1 saturated heterocycles. The number of aromatic amines is 1. The molecule has 2 heterocycles. The fourth-order valence-electron chi connectivity index (χ4n) is 2.98. The smallest absolute Gasteiger partial charge is 0.246 e. The standard InChI is InChI=1S/C13H23N5O2S/c1-10-13(12(9-14-2)16-15-10)21(19,20)18-7-5-17(6-8-18)11-3-4-11/h11,14H,3-9H2,1-2H3,(H,15,16). The molecule has 8 heteroatoms. The predicted octanol–water partition coefficient (Wildman–Crippen LogP) is -0.0938. The van der Waals surface area contributed by atoms with Crippen LogP contribution < -0.4 is 5.32 Å². The Labute approximate surface area is 125 Å². The predicted molar refractivity (Wildman–Crippen MR) is 79.4 cm³/mol. The van der Waals surface area contributed by atoms with E-state index in [1.807, 2.05) is 0 Å². The molecule has 1 saturated carbocycles. The zero-order valence-electron chi connectivity index (χ0n) is 12.6. The van der Waals surface area contributed by atoms with E-state index in [1.54, 1.807) is 18.3 Å². The lowest BCUT2D eigenvalue weighted by Crippen LogP contribution is -2.49. The van der Waals surface area contributed by atoms with Gasteiger partial charge in [0.05, 0.1) is 11.4 Å². The van der Waals surface area contributed by atoms with Gasteiger partial charge in [0.25, 0.3) is 0 Å². The number of hydrogen-bond acceptors (Lipinski definition) is 5. The third kappa shape index (κ3) is 2.85. The van der Waals surface area contributed by atoms with Gasteiger partial charge in [-0.2, -0.15) is 9.40 Å². The lowest BCUT2D eigenvalue weighted by atomic mass is 10.3. The zero-order chi connectivity index (χ0) is 15.0. The quantitative estimate of drug-likeness (QED) is 0.794. The molecule has 21 heavy (non-hydrogen) atoms. The van der Waals surface area contributed by atoms with E-state index in [9.17, 15) is 8.42 Å². The van der Waals surface area contributed by atoms with Crippen LogP contribution in [0, 0.1) is 6.92 Å². The number of hydrogen-bond donors (Lipinski definition) is 2. The lowest BCUT2D eigenvalue weighted by molar-refractivity contribution is 0.180. The molecule has 0 atom stereocenters. The second-order valence-electron chi connectivity index (χ2n) is 5.83. The van der Waals surface area contributed by atoms with E-state index >= 15 is 0 Å². The Balaban J connectivity index is 1.79. The van der Waals surface area contributed by atoms with Crippen molar-refractivity contribution in [2.45, 2.75) is 37.2 Å². The van der Waals surface area contributed by atoms with Crippen LogP contribution in [-0.4, -0.2) is 67.1 Å². The molecule has 2 fully saturated rings. The first kappa shape index (κ1) is 15.0. The average molecular weight is 313 g/mol. The molecule has 0 amide bonds. The Bertz CT molecular complexity index is 600. The average Bonchev–Trinajstić information content (AvgIpc) is 3.24. The van der Waals surface area contributed by atoms with Crippen molar-refractivity contribution in [2.24, 2.45) is 0 Å². The first-order valence-electron chi connectivity index (χ1n) is 7.46. The normalized spacial score (nSPS) is 21.8. The molecule has 2 aliphatic rings. The summed E-state index contributed by atoms with van der Waals surface area (Å²) in [6.45, 7) is 5.02. The van der Waals surface area contributed by atoms with Gasteiger partial charge in [0.15, 0.2) is 0 Å². The highest BCUT2D eigenvalue weighted by Gasteiger charge is 2.36. The molecule has 1 aliphatic carbocycles. The lowest BCUT2D eigenvalue weighted by Gasteiger charge is -2.34. The SMILES string of the molecule is CNCc1n[nH]c(C)c1S(=O)(=O)N1CCN(C2CC2)CC1. The molecule has 2 N–H and O–H groups in total. The van der Waals surface area contributed by atoms with Crippen LogP contribution in [0.3, 0.4) is 0 Å². The molecule has 118 valence electrons. The number of rotatable bonds is 5. The molecule has 3 rings (SSSR count). The highest BCUT2D eigenvalue weighted by atomic mass is 32.2. The second-order valence-corrected chi connectivity index (χ2v) is 7.70. The van der Waals surface area contributed by atoms with E-state index in [2.05, 4.69) is 20.4 Å². The summed E-state index contributed by atoms with van der Waals surface area (Å²) in [7, 11) is -1.67. The monoisotopic (exact) mass is 313 g/mol. The Kier molecular flexibility index (Phi) is 4.04. The van der Waals surface area contributed by atoms with E-state index in [-0.39, 0.29) is 0 Å². The van der Waals surface area contributed by atoms with Gasteiger partial charge in [0.2, 0.25) is 10.0 Å². The van der Waals surface area contributed by atoms with Gasteiger partial charge in [-0.15, -0.1) is 0 Å². The first-order chi connectivity index (χ1) is 10.0. The number of nitrogens with one attached hydrogen (secondary N) is 2. The maximum atomic E-state index is 12.9. The van der Waals surface area contributed by atoms with Crippen molar-refractivity contribution in [3.8, 4) is 0 Å². The zero-order valence-corrected chi connectivity index (χ0v) is 13.4. The summed E-state index contributed by atoms with van der Waals surface area (Å²) in [5.41, 5.74) is 1.18. The number of nitrogens with zero attached hydrogens (tertiary/aromatic N) is 3. The van der Waals surface area contributed by atoms with Crippen LogP contribution in [0.25, 0.3) is 0 Å². The summed E-state index contributed by atoms with van der Waals surface area (Å²) in [5.74, 6) is 0. The van der Waals surface area contributed by atoms with E-state index in [1.165, 1.54) is 12.8 Å². The van der Waals surface area contributed by atoms with Gasteiger partial charge < -0.3 is 5.32 Å². The van der Waals surface area contributed by atoms with Crippen LogP contribution in [0.2, 0.25) is 0 Å². The molecule has 0 bridgehead atoms. The minimum absolute atomic E-state index is 0.344. The second kappa shape index (κ2) is 5.68. The van der Waals surface area contributed by atoms with E-state index in [0.717, 1.165) is 13.1 Å². The highest BCUT2D eigenvalue weighted by Crippen LogP contribution is 2.29. The largest absolute Gasteiger partial charge is 0.314 e. The van der Waals surface area contributed by atoms with E-state index < -0.39 is 10.0 Å². The van der Waals surface area contributed by atoms with Crippen molar-refractivity contribution in [2.75, 3.05) is 33.2 Å². The van der Waals surface area contributed by atoms with Crippen LogP contribution in [0.4, 0.5) is 0 Å². The third-order valence-electron chi connectivity index (χ3n) is 4.24. The van der Waals surface area contributed by atoms with Crippen LogP contribution >= 0.6 is 0 Å². The summed E-state index contributed by atoms with van der Waals surface area (Å²) < 4.78 is 27.4. The fourth-order valence-corrected chi connectivity index (χ4v) is 4.73. The number of sulfonamides is 1. The van der Waals surface area contributed by atoms with Crippen molar-refractivity contribution in [3.63, 3.8) is 0 Å². The van der Waals surface area contributed by atoms with Crippen molar-refractivity contribution in [1.82, 2.24) is 24.7 Å². The molecule has 0 unspecified atom stereocenters. The van der Waals surface area contributed by atoms with Gasteiger partial charge in [-0.3, -0.25) is 10.00 Å².